The summed E-state index contributed by atoms with van der Waals surface area (Å²) in [6.07, 6.45) is 5.19. The Hall–Kier alpha value is -3.15. The molecule has 1 aliphatic rings. The van der Waals surface area contributed by atoms with Crippen molar-refractivity contribution in [2.75, 3.05) is 19.6 Å². The lowest BCUT2D eigenvalue weighted by molar-refractivity contribution is -0.132. The van der Waals surface area contributed by atoms with Crippen LogP contribution in [-0.4, -0.2) is 46.3 Å². The van der Waals surface area contributed by atoms with Crippen LogP contribution in [0.1, 0.15) is 66.2 Å². The zero-order valence-corrected chi connectivity index (χ0v) is 18.8. The summed E-state index contributed by atoms with van der Waals surface area (Å²) in [5.41, 5.74) is 4.03. The minimum absolute atomic E-state index is 0.0378. The second kappa shape index (κ2) is 10.4. The van der Waals surface area contributed by atoms with Gasteiger partial charge in [-0.1, -0.05) is 30.7 Å². The summed E-state index contributed by atoms with van der Waals surface area (Å²) >= 11 is 0. The number of nitrogens with one attached hydrogen (secondary N) is 2. The number of fused-ring (bicyclic) bond motifs is 1. The molecule has 0 radical (unpaired) electrons. The predicted molar refractivity (Wildman–Crippen MR) is 127 cm³/mol. The monoisotopic (exact) mass is 432 g/mol. The van der Waals surface area contributed by atoms with Crippen molar-refractivity contribution in [1.29, 1.82) is 0 Å². The number of rotatable bonds is 8. The molecule has 6 nitrogen and oxygen atoms in total. The second-order valence-corrected chi connectivity index (χ2v) is 8.73. The van der Waals surface area contributed by atoms with Crippen LogP contribution in [0.25, 0.3) is 11.0 Å². The maximum atomic E-state index is 12.6. The summed E-state index contributed by atoms with van der Waals surface area (Å²) < 4.78 is 0. The van der Waals surface area contributed by atoms with Gasteiger partial charge >= 0.3 is 0 Å². The smallest absolute Gasteiger partial charge is 0.251 e. The third-order valence-corrected chi connectivity index (χ3v) is 6.28. The van der Waals surface area contributed by atoms with Crippen LogP contribution in [0.3, 0.4) is 0 Å². The molecule has 3 aromatic rings. The number of amides is 2. The first-order valence-electron chi connectivity index (χ1n) is 11.7. The van der Waals surface area contributed by atoms with E-state index in [2.05, 4.69) is 35.4 Å². The number of carbonyl (C=O) groups is 2. The average Bonchev–Trinajstić information content (AvgIpc) is 3.25. The van der Waals surface area contributed by atoms with Gasteiger partial charge in [-0.25, -0.2) is 4.98 Å². The maximum Gasteiger partial charge on any atom is 0.251 e. The molecule has 0 unspecified atom stereocenters. The molecule has 0 aliphatic carbocycles. The fourth-order valence-electron chi connectivity index (χ4n) is 4.37. The van der Waals surface area contributed by atoms with Crippen molar-refractivity contribution < 1.29 is 9.59 Å². The number of aromatic nitrogens is 2. The summed E-state index contributed by atoms with van der Waals surface area (Å²) in [6.45, 7) is 4.33. The van der Waals surface area contributed by atoms with Crippen molar-refractivity contribution in [2.45, 2.75) is 51.4 Å². The van der Waals surface area contributed by atoms with E-state index in [1.165, 1.54) is 5.56 Å². The Balaban J connectivity index is 1.13. The largest absolute Gasteiger partial charge is 0.352 e. The minimum Gasteiger partial charge on any atom is -0.352 e. The molecule has 0 bridgehead atoms. The molecule has 1 fully saturated rings. The quantitative estimate of drug-likeness (QED) is 0.512. The molecule has 2 heterocycles. The number of carbonyl (C=O) groups excluding carboxylic acids is 2. The lowest BCUT2D eigenvalue weighted by Gasteiger charge is -2.31. The van der Waals surface area contributed by atoms with Gasteiger partial charge in [-0.2, -0.15) is 0 Å². The number of piperidine rings is 1. The third-order valence-electron chi connectivity index (χ3n) is 6.28. The van der Waals surface area contributed by atoms with Gasteiger partial charge in [-0.3, -0.25) is 9.59 Å². The van der Waals surface area contributed by atoms with Gasteiger partial charge < -0.3 is 15.2 Å². The zero-order chi connectivity index (χ0) is 22.3. The molecule has 1 aromatic heterocycles. The average molecular weight is 433 g/mol. The number of hydrogen-bond donors (Lipinski definition) is 2. The first-order valence-corrected chi connectivity index (χ1v) is 11.7. The SMILES string of the molecule is Cc1ccc2nc(C3CCN(C(=O)CCCCCNC(=O)c4ccccc4)CC3)[nH]c2c1. The Kier molecular flexibility index (Phi) is 7.20. The van der Waals surface area contributed by atoms with Gasteiger partial charge in [-0.15, -0.1) is 0 Å². The van der Waals surface area contributed by atoms with E-state index in [1.807, 2.05) is 35.2 Å². The van der Waals surface area contributed by atoms with Crippen molar-refractivity contribution in [2.24, 2.45) is 0 Å². The molecule has 6 heteroatoms. The number of hydrogen-bond acceptors (Lipinski definition) is 3. The molecule has 2 amide bonds. The van der Waals surface area contributed by atoms with Gasteiger partial charge in [0, 0.05) is 37.5 Å². The number of imidazole rings is 1. The summed E-state index contributed by atoms with van der Waals surface area (Å²) in [5.74, 6) is 1.65. The summed E-state index contributed by atoms with van der Waals surface area (Å²) in [7, 11) is 0. The van der Waals surface area contributed by atoms with Crippen LogP contribution in [0.5, 0.6) is 0 Å². The minimum atomic E-state index is -0.0378. The van der Waals surface area contributed by atoms with Gasteiger partial charge in [0.2, 0.25) is 5.91 Å². The lowest BCUT2D eigenvalue weighted by atomic mass is 9.96. The maximum absolute atomic E-state index is 12.6. The normalized spacial score (nSPS) is 14.6. The van der Waals surface area contributed by atoms with Crippen molar-refractivity contribution in [1.82, 2.24) is 20.2 Å². The van der Waals surface area contributed by atoms with Crippen LogP contribution in [-0.2, 0) is 4.79 Å². The first kappa shape index (κ1) is 22.1. The van der Waals surface area contributed by atoms with Crippen molar-refractivity contribution in [3.05, 3.63) is 65.5 Å². The third kappa shape index (κ3) is 5.55. The van der Waals surface area contributed by atoms with E-state index >= 15 is 0 Å². The first-order chi connectivity index (χ1) is 15.6. The van der Waals surface area contributed by atoms with Crippen LogP contribution < -0.4 is 5.32 Å². The summed E-state index contributed by atoms with van der Waals surface area (Å²) in [6, 6.07) is 15.5. The van der Waals surface area contributed by atoms with E-state index < -0.39 is 0 Å². The molecule has 1 saturated heterocycles. The number of aromatic amines is 1. The predicted octanol–water partition coefficient (Wildman–Crippen LogP) is 4.57. The summed E-state index contributed by atoms with van der Waals surface area (Å²) in [5, 5.41) is 2.94. The van der Waals surface area contributed by atoms with Crippen LogP contribution in [0.15, 0.2) is 48.5 Å². The number of unbranched alkanes of at least 4 members (excludes halogenated alkanes) is 2. The Morgan fingerprint density at radius 3 is 2.62 bits per heavy atom. The van der Waals surface area contributed by atoms with E-state index in [4.69, 9.17) is 4.98 Å². The van der Waals surface area contributed by atoms with Crippen molar-refractivity contribution >= 4 is 22.8 Å². The van der Waals surface area contributed by atoms with Crippen molar-refractivity contribution in [3.63, 3.8) is 0 Å². The molecular weight excluding hydrogens is 400 g/mol. The molecule has 168 valence electrons. The Morgan fingerprint density at radius 2 is 1.84 bits per heavy atom. The molecule has 4 rings (SSSR count). The van der Waals surface area contributed by atoms with E-state index in [0.717, 1.165) is 62.1 Å². The second-order valence-electron chi connectivity index (χ2n) is 8.73. The number of likely N-dealkylation sites (tertiary alicyclic amines) is 1. The highest BCUT2D eigenvalue weighted by atomic mass is 16.2. The molecular formula is C26H32N4O2. The van der Waals surface area contributed by atoms with E-state index in [-0.39, 0.29) is 11.8 Å². The highest BCUT2D eigenvalue weighted by Crippen LogP contribution is 2.28. The van der Waals surface area contributed by atoms with Crippen LogP contribution in [0, 0.1) is 6.92 Å². The Bertz CT molecular complexity index is 1050. The standard InChI is InChI=1S/C26H32N4O2/c1-19-11-12-22-23(18-19)29-25(28-22)20-13-16-30(17-14-20)24(31)10-6-3-7-15-27-26(32)21-8-4-2-5-9-21/h2,4-5,8-9,11-12,18,20H,3,6-7,10,13-17H2,1H3,(H,27,32)(H,28,29). The molecule has 0 atom stereocenters. The zero-order valence-electron chi connectivity index (χ0n) is 18.8. The highest BCUT2D eigenvalue weighted by Gasteiger charge is 2.25. The number of nitrogens with zero attached hydrogens (tertiary/aromatic N) is 2. The van der Waals surface area contributed by atoms with Gasteiger partial charge in [0.05, 0.1) is 11.0 Å². The fraction of sp³-hybridized carbons (Fsp3) is 0.423. The van der Waals surface area contributed by atoms with Crippen molar-refractivity contribution in [3.8, 4) is 0 Å². The van der Waals surface area contributed by atoms with E-state index in [0.29, 0.717) is 24.4 Å². The van der Waals surface area contributed by atoms with Gasteiger partial charge in [-0.05, 0) is 62.4 Å². The molecule has 32 heavy (non-hydrogen) atoms. The van der Waals surface area contributed by atoms with Crippen LogP contribution in [0.4, 0.5) is 0 Å². The van der Waals surface area contributed by atoms with Gasteiger partial charge in [0.25, 0.3) is 5.91 Å². The molecule has 2 N–H and O–H groups in total. The number of H-pyrrole nitrogens is 1. The van der Waals surface area contributed by atoms with Gasteiger partial charge in [0.15, 0.2) is 0 Å². The highest BCUT2D eigenvalue weighted by molar-refractivity contribution is 5.94. The van der Waals surface area contributed by atoms with Crippen LogP contribution >= 0.6 is 0 Å². The summed E-state index contributed by atoms with van der Waals surface area (Å²) in [4.78, 5) is 34.8. The molecule has 0 saturated carbocycles. The molecule has 1 aliphatic heterocycles. The number of aryl methyl sites for hydroxylation is 1. The topological polar surface area (TPSA) is 78.1 Å². The Labute approximate surface area is 189 Å². The van der Waals surface area contributed by atoms with E-state index in [9.17, 15) is 9.59 Å². The van der Waals surface area contributed by atoms with Gasteiger partial charge in [0.1, 0.15) is 5.82 Å². The van der Waals surface area contributed by atoms with Crippen LogP contribution in [0.2, 0.25) is 0 Å². The van der Waals surface area contributed by atoms with E-state index in [1.54, 1.807) is 0 Å². The Morgan fingerprint density at radius 1 is 1.06 bits per heavy atom. The lowest BCUT2D eigenvalue weighted by Crippen LogP contribution is -2.38. The number of benzene rings is 2. The molecule has 2 aromatic carbocycles. The molecule has 0 spiro atoms. The fourth-order valence-corrected chi connectivity index (χ4v) is 4.37.